The summed E-state index contributed by atoms with van der Waals surface area (Å²) in [6, 6.07) is 12.5. The first-order valence-corrected chi connectivity index (χ1v) is 13.0. The molecule has 2 aliphatic rings. The molecule has 0 spiro atoms. The maximum Gasteiger partial charge on any atom is 0.230 e. The Labute approximate surface area is 216 Å². The molecule has 0 radical (unpaired) electrons. The van der Waals surface area contributed by atoms with E-state index in [2.05, 4.69) is 58.2 Å². The number of anilines is 4. The topological polar surface area (TPSA) is 127 Å². The number of hydrogen-bond donors (Lipinski definition) is 3. The molecule has 0 aliphatic carbocycles. The average molecular weight is 499 g/mol. The van der Waals surface area contributed by atoms with Gasteiger partial charge in [-0.2, -0.15) is 19.6 Å². The van der Waals surface area contributed by atoms with E-state index in [1.54, 1.807) is 6.20 Å². The lowest BCUT2D eigenvalue weighted by Crippen LogP contribution is -2.41. The smallest absolute Gasteiger partial charge is 0.230 e. The first-order chi connectivity index (χ1) is 18.0. The van der Waals surface area contributed by atoms with Gasteiger partial charge in [0.05, 0.1) is 12.2 Å². The van der Waals surface area contributed by atoms with Crippen molar-refractivity contribution in [2.75, 3.05) is 40.5 Å². The summed E-state index contributed by atoms with van der Waals surface area (Å²) in [5.74, 6) is 2.57. The number of pyridine rings is 1. The van der Waals surface area contributed by atoms with Crippen LogP contribution in [-0.2, 0) is 6.54 Å². The Morgan fingerprint density at radius 1 is 1.05 bits per heavy atom. The van der Waals surface area contributed by atoms with Gasteiger partial charge in [0.15, 0.2) is 5.65 Å². The molecule has 4 aromatic rings. The molecule has 3 aromatic heterocycles. The molecular weight excluding hydrogens is 464 g/mol. The molecule has 1 unspecified atom stereocenters. The van der Waals surface area contributed by atoms with Crippen LogP contribution in [0.2, 0.25) is 0 Å². The third-order valence-corrected chi connectivity index (χ3v) is 7.42. The third-order valence-electron chi connectivity index (χ3n) is 7.42. The van der Waals surface area contributed by atoms with Crippen LogP contribution in [0.3, 0.4) is 0 Å². The lowest BCUT2D eigenvalue weighted by molar-refractivity contribution is 0.495. The maximum absolute atomic E-state index is 6.17. The largest absolute Gasteiger partial charge is 0.399 e. The molecule has 10 heteroatoms. The number of nitrogens with two attached hydrogens (primary N) is 2. The number of aromatic nitrogens is 5. The Kier molecular flexibility index (Phi) is 6.03. The van der Waals surface area contributed by atoms with E-state index in [0.717, 1.165) is 55.5 Å². The molecule has 0 amide bonds. The molecule has 1 fully saturated rings. The van der Waals surface area contributed by atoms with Gasteiger partial charge in [0.1, 0.15) is 5.82 Å². The second kappa shape index (κ2) is 9.51. The molecule has 10 nitrogen and oxygen atoms in total. The highest BCUT2D eigenvalue weighted by Crippen LogP contribution is 2.33. The molecule has 37 heavy (non-hydrogen) atoms. The first kappa shape index (κ1) is 23.5. The average Bonchev–Trinajstić information content (AvgIpc) is 3.34. The Morgan fingerprint density at radius 2 is 1.86 bits per heavy atom. The number of nitrogens with zero attached hydrogens (tertiary/aromatic N) is 7. The van der Waals surface area contributed by atoms with Gasteiger partial charge in [-0.3, -0.25) is 0 Å². The summed E-state index contributed by atoms with van der Waals surface area (Å²) in [4.78, 5) is 19.1. The van der Waals surface area contributed by atoms with Gasteiger partial charge in [0.2, 0.25) is 11.9 Å². The number of hydrogen-bond acceptors (Lipinski definition) is 9. The van der Waals surface area contributed by atoms with E-state index < -0.39 is 0 Å². The SMILES string of the molecule is CC(C)c1cnn2c(NC3CN(c4cc(N)ccn4)Cc4ccccc43)nc(N3CCC(N)CC3)nc12. The van der Waals surface area contributed by atoms with Crippen LogP contribution in [0.4, 0.5) is 23.4 Å². The van der Waals surface area contributed by atoms with Crippen molar-refractivity contribution in [1.82, 2.24) is 24.6 Å². The molecule has 1 atom stereocenters. The summed E-state index contributed by atoms with van der Waals surface area (Å²) >= 11 is 0. The molecule has 2 aliphatic heterocycles. The van der Waals surface area contributed by atoms with E-state index in [1.165, 1.54) is 11.1 Å². The van der Waals surface area contributed by atoms with Crippen molar-refractivity contribution < 1.29 is 0 Å². The molecule has 0 bridgehead atoms. The van der Waals surface area contributed by atoms with Gasteiger partial charge in [-0.15, -0.1) is 0 Å². The van der Waals surface area contributed by atoms with E-state index in [4.69, 9.17) is 26.5 Å². The van der Waals surface area contributed by atoms with Crippen LogP contribution in [0.1, 0.15) is 55.3 Å². The van der Waals surface area contributed by atoms with Gasteiger partial charge >= 0.3 is 0 Å². The highest BCUT2D eigenvalue weighted by molar-refractivity contribution is 5.58. The molecule has 6 rings (SSSR count). The molecule has 1 saturated heterocycles. The van der Waals surface area contributed by atoms with Crippen LogP contribution in [0.15, 0.2) is 48.8 Å². The molecule has 5 heterocycles. The van der Waals surface area contributed by atoms with Crippen molar-refractivity contribution in [2.45, 2.75) is 51.2 Å². The number of piperidine rings is 1. The monoisotopic (exact) mass is 498 g/mol. The minimum Gasteiger partial charge on any atom is -0.399 e. The zero-order valence-electron chi connectivity index (χ0n) is 21.4. The summed E-state index contributed by atoms with van der Waals surface area (Å²) in [6.07, 6.45) is 5.54. The van der Waals surface area contributed by atoms with Crippen LogP contribution >= 0.6 is 0 Å². The van der Waals surface area contributed by atoms with Crippen LogP contribution in [0.25, 0.3) is 5.65 Å². The third kappa shape index (κ3) is 4.53. The van der Waals surface area contributed by atoms with Gasteiger partial charge < -0.3 is 26.6 Å². The van der Waals surface area contributed by atoms with Gasteiger partial charge in [-0.25, -0.2) is 4.98 Å². The summed E-state index contributed by atoms with van der Waals surface area (Å²) in [6.45, 7) is 7.51. The predicted octanol–water partition coefficient (Wildman–Crippen LogP) is 3.33. The van der Waals surface area contributed by atoms with Gasteiger partial charge in [-0.1, -0.05) is 38.1 Å². The zero-order chi connectivity index (χ0) is 25.5. The Hall–Kier alpha value is -3.92. The van der Waals surface area contributed by atoms with Crippen molar-refractivity contribution >= 4 is 29.0 Å². The molecule has 1 aromatic carbocycles. The maximum atomic E-state index is 6.17. The highest BCUT2D eigenvalue weighted by atomic mass is 15.4. The number of fused-ring (bicyclic) bond motifs is 2. The van der Waals surface area contributed by atoms with E-state index in [1.807, 2.05) is 22.8 Å². The van der Waals surface area contributed by atoms with Crippen LogP contribution in [-0.4, -0.2) is 50.2 Å². The summed E-state index contributed by atoms with van der Waals surface area (Å²) in [5, 5.41) is 8.43. The normalized spacial score (nSPS) is 18.4. The fourth-order valence-electron chi connectivity index (χ4n) is 5.29. The van der Waals surface area contributed by atoms with E-state index in [-0.39, 0.29) is 12.1 Å². The van der Waals surface area contributed by atoms with Gasteiger partial charge in [-0.05, 0) is 36.0 Å². The van der Waals surface area contributed by atoms with E-state index in [0.29, 0.717) is 24.1 Å². The lowest BCUT2D eigenvalue weighted by Gasteiger charge is -2.36. The number of benzene rings is 1. The van der Waals surface area contributed by atoms with E-state index in [9.17, 15) is 0 Å². The second-order valence-corrected chi connectivity index (χ2v) is 10.4. The molecule has 192 valence electrons. The van der Waals surface area contributed by atoms with Crippen molar-refractivity contribution in [3.05, 3.63) is 65.5 Å². The van der Waals surface area contributed by atoms with Gasteiger partial charge in [0, 0.05) is 55.7 Å². The summed E-state index contributed by atoms with van der Waals surface area (Å²) < 4.78 is 1.84. The highest BCUT2D eigenvalue weighted by Gasteiger charge is 2.28. The summed E-state index contributed by atoms with van der Waals surface area (Å²) in [5.41, 5.74) is 17.4. The molecule has 5 N–H and O–H groups in total. The zero-order valence-corrected chi connectivity index (χ0v) is 21.4. The van der Waals surface area contributed by atoms with Crippen molar-refractivity contribution in [2.24, 2.45) is 5.73 Å². The predicted molar refractivity (Wildman–Crippen MR) is 147 cm³/mol. The minimum absolute atomic E-state index is 0.0272. The summed E-state index contributed by atoms with van der Waals surface area (Å²) in [7, 11) is 0. The lowest BCUT2D eigenvalue weighted by atomic mass is 9.95. The van der Waals surface area contributed by atoms with E-state index >= 15 is 0 Å². The number of nitrogens with one attached hydrogen (secondary N) is 1. The number of rotatable bonds is 5. The minimum atomic E-state index is -0.0272. The molecular formula is C27H34N10. The fraction of sp³-hybridized carbons (Fsp3) is 0.407. The van der Waals surface area contributed by atoms with Crippen LogP contribution in [0.5, 0.6) is 0 Å². The Bertz CT molecular complexity index is 1410. The Balaban J connectivity index is 1.40. The molecule has 0 saturated carbocycles. The Morgan fingerprint density at radius 3 is 2.65 bits per heavy atom. The second-order valence-electron chi connectivity index (χ2n) is 10.4. The van der Waals surface area contributed by atoms with Crippen molar-refractivity contribution in [3.63, 3.8) is 0 Å². The van der Waals surface area contributed by atoms with Crippen molar-refractivity contribution in [1.29, 1.82) is 0 Å². The quantitative estimate of drug-likeness (QED) is 0.380. The number of nitrogen functional groups attached to an aromatic ring is 1. The standard InChI is InChI=1S/C27H34N10/c1-17(2)22-14-31-37-25(22)33-26(35-11-8-19(28)9-12-35)34-27(37)32-23-16-36(24-13-20(29)7-10-30-24)15-18-5-3-4-6-21(18)23/h3-7,10,13-14,17,19,23H,8-9,11-12,15-16,28H2,1-2H3,(H2,29,30)(H,32,33,34). The van der Waals surface area contributed by atoms with Crippen molar-refractivity contribution in [3.8, 4) is 0 Å². The van der Waals surface area contributed by atoms with Gasteiger partial charge in [0.25, 0.3) is 0 Å². The van der Waals surface area contributed by atoms with Crippen LogP contribution < -0.4 is 26.6 Å². The fourth-order valence-corrected chi connectivity index (χ4v) is 5.29. The first-order valence-electron chi connectivity index (χ1n) is 13.0. The van der Waals surface area contributed by atoms with Crippen LogP contribution in [0, 0.1) is 0 Å².